The second-order valence-corrected chi connectivity index (χ2v) is 12.6. The first-order chi connectivity index (χ1) is 25.0. The normalized spacial score (nSPS) is 11.8. The Balaban J connectivity index is 1.28. The predicted octanol–water partition coefficient (Wildman–Crippen LogP) is 4.67. The maximum Gasteiger partial charge on any atom is 0.276 e. The molecule has 0 saturated carbocycles. The molecule has 15 nitrogen and oxygen atoms in total. The van der Waals surface area contributed by atoms with Crippen molar-refractivity contribution < 1.29 is 14.4 Å². The Kier molecular flexibility index (Phi) is 8.62. The molecule has 0 saturated heterocycles. The average molecular weight is 699 g/mol. The Bertz CT molecular complexity index is 2600. The average Bonchev–Trinajstić information content (AvgIpc) is 3.87. The summed E-state index contributed by atoms with van der Waals surface area (Å²) < 4.78 is 7.46. The van der Waals surface area contributed by atoms with E-state index in [2.05, 4.69) is 20.1 Å². The van der Waals surface area contributed by atoms with Gasteiger partial charge in [-0.25, -0.2) is 15.0 Å². The molecule has 0 aliphatic rings. The second kappa shape index (κ2) is 13.2. The van der Waals surface area contributed by atoms with E-state index in [0.717, 1.165) is 44.5 Å². The van der Waals surface area contributed by atoms with Crippen LogP contribution in [0.15, 0.2) is 60.8 Å². The highest BCUT2D eigenvalue weighted by atomic mass is 16.2. The van der Waals surface area contributed by atoms with Gasteiger partial charge in [0.15, 0.2) is 5.82 Å². The van der Waals surface area contributed by atoms with Crippen molar-refractivity contribution in [1.29, 1.82) is 0 Å². The Hall–Kier alpha value is -6.64. The summed E-state index contributed by atoms with van der Waals surface area (Å²) >= 11 is 0. The van der Waals surface area contributed by atoms with E-state index >= 15 is 0 Å². The van der Waals surface area contributed by atoms with Gasteiger partial charge >= 0.3 is 0 Å². The quantitative estimate of drug-likeness (QED) is 0.162. The number of allylic oxidation sites excluding steroid dienone is 2. The lowest BCUT2D eigenvalue weighted by atomic mass is 10.1. The molecule has 0 spiro atoms. The molecule has 0 aliphatic heterocycles. The van der Waals surface area contributed by atoms with Gasteiger partial charge in [-0.15, -0.1) is 0 Å². The number of benzene rings is 2. The van der Waals surface area contributed by atoms with Gasteiger partial charge in [0.25, 0.3) is 5.91 Å². The molecule has 0 fully saturated rings. The molecule has 7 rings (SSSR count). The maximum atomic E-state index is 13.5. The monoisotopic (exact) mass is 698 g/mol. The third kappa shape index (κ3) is 5.95. The van der Waals surface area contributed by atoms with Crippen LogP contribution in [0.1, 0.15) is 62.0 Å². The molecular weight excluding hydrogens is 660 g/mol. The van der Waals surface area contributed by atoms with Crippen molar-refractivity contribution in [2.24, 2.45) is 11.5 Å². The van der Waals surface area contributed by atoms with Crippen LogP contribution in [0.2, 0.25) is 0 Å². The predicted molar refractivity (Wildman–Crippen MR) is 198 cm³/mol. The molecule has 7 aromatic rings. The number of nitrogens with two attached hydrogens (primary N) is 2. The lowest BCUT2D eigenvalue weighted by molar-refractivity contribution is 0.0992. The van der Waals surface area contributed by atoms with Gasteiger partial charge in [0.05, 0.1) is 27.9 Å². The van der Waals surface area contributed by atoms with E-state index in [1.807, 2.05) is 68.2 Å². The number of fused-ring (bicyclic) bond motifs is 4. The van der Waals surface area contributed by atoms with Gasteiger partial charge in [0, 0.05) is 54.3 Å². The number of imidazole rings is 1. The molecule has 0 aliphatic carbocycles. The molecule has 5 heterocycles. The first kappa shape index (κ1) is 33.8. The molecule has 3 amide bonds. The fourth-order valence-corrected chi connectivity index (χ4v) is 6.69. The number of carbonyl (C=O) groups excluding carboxylic acids is 3. The van der Waals surface area contributed by atoms with Crippen LogP contribution in [0.25, 0.3) is 44.5 Å². The SMILES string of the molecule is CCn1nc(C)cc1C(=O)Nc1nc2cc(C(N)=O)cc(C)c2n1CC=CCn1c2ccc(C(N)=O)cc2c2cnc(-c3cc(C)nn3CC)nc21. The molecule has 264 valence electrons. The zero-order chi connectivity index (χ0) is 36.8. The minimum absolute atomic E-state index is 0.312. The van der Waals surface area contributed by atoms with E-state index in [9.17, 15) is 14.4 Å². The van der Waals surface area contributed by atoms with Crippen LogP contribution in [-0.4, -0.2) is 61.4 Å². The first-order valence-electron chi connectivity index (χ1n) is 16.9. The minimum Gasteiger partial charge on any atom is -0.366 e. The number of carbonyl (C=O) groups is 3. The zero-order valence-corrected chi connectivity index (χ0v) is 29.5. The molecule has 0 radical (unpaired) electrons. The highest BCUT2D eigenvalue weighted by Crippen LogP contribution is 2.31. The van der Waals surface area contributed by atoms with Crippen molar-refractivity contribution in [1.82, 2.24) is 43.6 Å². The third-order valence-electron chi connectivity index (χ3n) is 9.04. The van der Waals surface area contributed by atoms with Crippen molar-refractivity contribution in [2.75, 3.05) is 5.32 Å². The number of aryl methyl sites for hydroxylation is 5. The molecular formula is C37H38N12O3. The number of hydrogen-bond acceptors (Lipinski definition) is 8. The molecule has 5 N–H and O–H groups in total. The van der Waals surface area contributed by atoms with Crippen LogP contribution >= 0.6 is 0 Å². The molecule has 5 aromatic heterocycles. The third-order valence-corrected chi connectivity index (χ3v) is 9.04. The topological polar surface area (TPSA) is 199 Å². The number of primary amides is 2. The van der Waals surface area contributed by atoms with Crippen molar-refractivity contribution >= 4 is 56.6 Å². The molecule has 15 heteroatoms. The number of aromatic nitrogens is 9. The number of amides is 3. The fourth-order valence-electron chi connectivity index (χ4n) is 6.69. The van der Waals surface area contributed by atoms with Gasteiger partial charge in [-0.05, 0) is 82.6 Å². The smallest absolute Gasteiger partial charge is 0.276 e. The van der Waals surface area contributed by atoms with Crippen LogP contribution in [0.5, 0.6) is 0 Å². The van der Waals surface area contributed by atoms with Crippen LogP contribution in [-0.2, 0) is 26.2 Å². The first-order valence-corrected chi connectivity index (χ1v) is 16.9. The Labute approximate surface area is 297 Å². The summed E-state index contributed by atoms with van der Waals surface area (Å²) in [6.07, 6.45) is 5.75. The molecule has 52 heavy (non-hydrogen) atoms. The molecule has 2 aromatic carbocycles. The van der Waals surface area contributed by atoms with Crippen LogP contribution in [0.3, 0.4) is 0 Å². The highest BCUT2D eigenvalue weighted by molar-refractivity contribution is 6.09. The van der Waals surface area contributed by atoms with Crippen molar-refractivity contribution in [2.45, 2.75) is 60.8 Å². The highest BCUT2D eigenvalue weighted by Gasteiger charge is 2.21. The molecule has 0 unspecified atom stereocenters. The minimum atomic E-state index is -0.567. The van der Waals surface area contributed by atoms with E-state index in [1.54, 1.807) is 41.2 Å². The summed E-state index contributed by atoms with van der Waals surface area (Å²) in [4.78, 5) is 52.1. The summed E-state index contributed by atoms with van der Waals surface area (Å²) in [6, 6.07) is 12.4. The van der Waals surface area contributed by atoms with Crippen LogP contribution in [0, 0.1) is 20.8 Å². The molecule has 0 atom stereocenters. The lowest BCUT2D eigenvalue weighted by Crippen LogP contribution is -2.20. The van der Waals surface area contributed by atoms with Crippen molar-refractivity contribution in [3.05, 3.63) is 94.6 Å². The van der Waals surface area contributed by atoms with Crippen LogP contribution in [0.4, 0.5) is 5.95 Å². The summed E-state index contributed by atoms with van der Waals surface area (Å²) in [5.41, 5.74) is 18.4. The number of nitrogens with zero attached hydrogens (tertiary/aromatic N) is 9. The number of anilines is 1. The Morgan fingerprint density at radius 3 is 2.19 bits per heavy atom. The number of hydrogen-bond donors (Lipinski definition) is 3. The second-order valence-electron chi connectivity index (χ2n) is 12.6. The number of nitrogens with one attached hydrogen (secondary N) is 1. The summed E-state index contributed by atoms with van der Waals surface area (Å²) in [5, 5.41) is 13.5. The Morgan fingerprint density at radius 2 is 1.48 bits per heavy atom. The van der Waals surface area contributed by atoms with E-state index in [1.165, 1.54) is 0 Å². The molecule has 0 bridgehead atoms. The van der Waals surface area contributed by atoms with E-state index in [0.29, 0.717) is 65.9 Å². The van der Waals surface area contributed by atoms with Crippen molar-refractivity contribution in [3.63, 3.8) is 0 Å². The van der Waals surface area contributed by atoms with E-state index in [4.69, 9.17) is 26.4 Å². The zero-order valence-electron chi connectivity index (χ0n) is 29.5. The number of rotatable bonds is 11. The summed E-state index contributed by atoms with van der Waals surface area (Å²) in [5.74, 6) is -0.597. The van der Waals surface area contributed by atoms with Gasteiger partial charge in [0.2, 0.25) is 17.8 Å². The van der Waals surface area contributed by atoms with Gasteiger partial charge in [0.1, 0.15) is 17.0 Å². The Morgan fingerprint density at radius 1 is 0.788 bits per heavy atom. The van der Waals surface area contributed by atoms with E-state index < -0.39 is 11.8 Å². The van der Waals surface area contributed by atoms with Crippen LogP contribution < -0.4 is 16.8 Å². The van der Waals surface area contributed by atoms with Gasteiger partial charge in [-0.2, -0.15) is 10.2 Å². The van der Waals surface area contributed by atoms with Gasteiger partial charge < -0.3 is 20.6 Å². The summed E-state index contributed by atoms with van der Waals surface area (Å²) in [7, 11) is 0. The standard InChI is InChI=1S/C37H38N12O3/c1-6-48-29(15-21(4)44-48)34-40-19-26-25-17-23(32(38)50)10-11-28(25)46(35(26)42-34)12-8-9-13-47-31-20(3)14-24(33(39)51)18-27(31)41-37(47)43-36(52)30-16-22(5)45-49(30)7-2/h8-11,14-19H,6-7,12-13H2,1-5H3,(H2,38,50)(H2,39,51)(H,41,43,52). The maximum absolute atomic E-state index is 13.5. The summed E-state index contributed by atoms with van der Waals surface area (Å²) in [6.45, 7) is 11.5. The fraction of sp³-hybridized carbons (Fsp3) is 0.243. The van der Waals surface area contributed by atoms with Gasteiger partial charge in [-0.1, -0.05) is 12.2 Å². The van der Waals surface area contributed by atoms with Crippen molar-refractivity contribution in [3.8, 4) is 11.5 Å². The lowest BCUT2D eigenvalue weighted by Gasteiger charge is -2.10. The van der Waals surface area contributed by atoms with E-state index in [-0.39, 0.29) is 5.91 Å². The van der Waals surface area contributed by atoms with Gasteiger partial charge in [-0.3, -0.25) is 29.1 Å². The largest absolute Gasteiger partial charge is 0.366 e.